The topological polar surface area (TPSA) is 96.6 Å². The lowest BCUT2D eigenvalue weighted by Gasteiger charge is -2.18. The van der Waals surface area contributed by atoms with Gasteiger partial charge in [0.1, 0.15) is 15.7 Å². The first-order valence-electron chi connectivity index (χ1n) is 11.7. The lowest BCUT2D eigenvalue weighted by Crippen LogP contribution is -2.24. The highest BCUT2D eigenvalue weighted by Crippen LogP contribution is 2.48. The number of benzene rings is 2. The molecular weight excluding hydrogens is 439 g/mol. The van der Waals surface area contributed by atoms with E-state index < -0.39 is 21.8 Å². The zero-order valence-corrected chi connectivity index (χ0v) is 20.4. The molecule has 1 atom stereocenters. The number of likely N-dealkylation sites (N-methyl/N-ethyl adjacent to an activating group) is 1. The Morgan fingerprint density at radius 3 is 2.58 bits per heavy atom. The summed E-state index contributed by atoms with van der Waals surface area (Å²) in [7, 11) is -1.88. The first-order chi connectivity index (χ1) is 15.7. The summed E-state index contributed by atoms with van der Waals surface area (Å²) in [5.41, 5.74) is 6.14. The van der Waals surface area contributed by atoms with E-state index in [1.54, 1.807) is 6.07 Å². The van der Waals surface area contributed by atoms with Crippen LogP contribution in [0.5, 0.6) is 0 Å². The Bertz CT molecular complexity index is 1210. The number of aryl methyl sites for hydroxylation is 2. The Balaban J connectivity index is 1.64. The number of anilines is 1. The molecule has 2 amide bonds. The van der Waals surface area contributed by atoms with Crippen molar-refractivity contribution < 1.29 is 13.4 Å². The van der Waals surface area contributed by atoms with Crippen LogP contribution in [0.1, 0.15) is 60.9 Å². The van der Waals surface area contributed by atoms with Gasteiger partial charge in [-0.3, -0.25) is 0 Å². The molecule has 0 bridgehead atoms. The van der Waals surface area contributed by atoms with Gasteiger partial charge in [-0.25, -0.2) is 18.5 Å². The van der Waals surface area contributed by atoms with Gasteiger partial charge in [0.2, 0.25) is 0 Å². The number of fused-ring (bicyclic) bond motifs is 1. The first kappa shape index (κ1) is 23.9. The van der Waals surface area contributed by atoms with Crippen LogP contribution in [-0.2, 0) is 41.0 Å². The zero-order valence-electron chi connectivity index (χ0n) is 19.6. The highest BCUT2D eigenvalue weighted by molar-refractivity contribution is 7.91. The second-order valence-electron chi connectivity index (χ2n) is 9.13. The second-order valence-corrected chi connectivity index (χ2v) is 10.9. The standard InChI is InChI=1S/C25H33FN4O2S/c1-4-16-13-17-7-6-8-20(17)23(19(16)5-2)29-24(31)30-33(27,32)22-10-9-18(14-21(22)26)25(11-12-25)15-28-3/h9-10,13-14,28H,4-8,11-12,15H2,1-3H3,(H3,27,29,30,31,32). The predicted molar refractivity (Wildman–Crippen MR) is 131 cm³/mol. The number of hydrogen-bond donors (Lipinski definition) is 3. The van der Waals surface area contributed by atoms with Gasteiger partial charge >= 0.3 is 6.03 Å². The van der Waals surface area contributed by atoms with Crippen molar-refractivity contribution in [2.75, 3.05) is 18.9 Å². The lowest BCUT2D eigenvalue weighted by molar-refractivity contribution is 0.260. The summed E-state index contributed by atoms with van der Waals surface area (Å²) in [6, 6.07) is 5.96. The Morgan fingerprint density at radius 2 is 1.97 bits per heavy atom. The van der Waals surface area contributed by atoms with Crippen LogP contribution in [-0.4, -0.2) is 23.8 Å². The van der Waals surface area contributed by atoms with Gasteiger partial charge in [0, 0.05) is 17.6 Å². The number of rotatable bonds is 7. The average Bonchev–Trinajstić information content (AvgIpc) is 3.40. The molecule has 2 aromatic carbocycles. The molecule has 1 saturated carbocycles. The van der Waals surface area contributed by atoms with Crippen LogP contribution in [0.4, 0.5) is 14.9 Å². The van der Waals surface area contributed by atoms with E-state index in [0.29, 0.717) is 0 Å². The molecule has 8 heteroatoms. The molecule has 1 fully saturated rings. The quantitative estimate of drug-likeness (QED) is 0.548. The van der Waals surface area contributed by atoms with Crippen LogP contribution in [0, 0.1) is 5.82 Å². The molecule has 2 aliphatic carbocycles. The fourth-order valence-electron chi connectivity index (χ4n) is 5.15. The maximum atomic E-state index is 14.9. The van der Waals surface area contributed by atoms with Crippen LogP contribution < -0.4 is 15.8 Å². The summed E-state index contributed by atoms with van der Waals surface area (Å²) in [6.45, 7) is 4.89. The van der Waals surface area contributed by atoms with E-state index in [-0.39, 0.29) is 10.3 Å². The predicted octanol–water partition coefficient (Wildman–Crippen LogP) is 4.62. The molecule has 0 spiro atoms. The third-order valence-electron chi connectivity index (χ3n) is 7.01. The average molecular weight is 473 g/mol. The Labute approximate surface area is 195 Å². The van der Waals surface area contributed by atoms with Gasteiger partial charge in [-0.15, -0.1) is 4.36 Å². The molecular formula is C25H33FN4O2S. The number of nitrogens with one attached hydrogen (secondary N) is 2. The fourth-order valence-corrected chi connectivity index (χ4v) is 6.14. The van der Waals surface area contributed by atoms with Crippen molar-refractivity contribution >= 4 is 21.6 Å². The van der Waals surface area contributed by atoms with Crippen LogP contribution in [0.25, 0.3) is 0 Å². The minimum atomic E-state index is -3.74. The van der Waals surface area contributed by atoms with E-state index in [4.69, 9.17) is 5.14 Å². The van der Waals surface area contributed by atoms with Gasteiger partial charge in [-0.1, -0.05) is 26.0 Å². The van der Waals surface area contributed by atoms with Crippen molar-refractivity contribution in [2.24, 2.45) is 9.50 Å². The van der Waals surface area contributed by atoms with Gasteiger partial charge in [-0.2, -0.15) is 0 Å². The highest BCUT2D eigenvalue weighted by Gasteiger charge is 2.43. The molecule has 0 saturated heterocycles. The van der Waals surface area contributed by atoms with Gasteiger partial charge in [0.05, 0.1) is 4.90 Å². The van der Waals surface area contributed by atoms with E-state index in [2.05, 4.69) is 28.0 Å². The molecule has 0 radical (unpaired) electrons. The second kappa shape index (κ2) is 9.16. The summed E-state index contributed by atoms with van der Waals surface area (Å²) < 4.78 is 31.8. The number of halogens is 1. The maximum absolute atomic E-state index is 14.9. The summed E-state index contributed by atoms with van der Waals surface area (Å²) in [5.74, 6) is -0.693. The molecule has 1 unspecified atom stereocenters. The van der Waals surface area contributed by atoms with Crippen molar-refractivity contribution in [3.05, 3.63) is 57.9 Å². The minimum absolute atomic E-state index is 0.0840. The number of hydrogen-bond acceptors (Lipinski definition) is 3. The van der Waals surface area contributed by atoms with Crippen LogP contribution >= 0.6 is 0 Å². The number of nitrogens with zero attached hydrogens (tertiary/aromatic N) is 1. The monoisotopic (exact) mass is 472 g/mol. The van der Waals surface area contributed by atoms with Gasteiger partial charge in [0.25, 0.3) is 0 Å². The van der Waals surface area contributed by atoms with Crippen molar-refractivity contribution in [3.8, 4) is 0 Å². The summed E-state index contributed by atoms with van der Waals surface area (Å²) in [5, 5.41) is 11.9. The third kappa shape index (κ3) is 4.56. The highest BCUT2D eigenvalue weighted by atomic mass is 32.2. The lowest BCUT2D eigenvalue weighted by atomic mass is 9.94. The van der Waals surface area contributed by atoms with Crippen molar-refractivity contribution in [2.45, 2.75) is 69.1 Å². The number of amides is 2. The number of carbonyl (C=O) groups is 1. The van der Waals surface area contributed by atoms with E-state index in [0.717, 1.165) is 73.9 Å². The summed E-state index contributed by atoms with van der Waals surface area (Å²) in [4.78, 5) is 12.6. The molecule has 2 aromatic rings. The largest absolute Gasteiger partial charge is 0.354 e. The van der Waals surface area contributed by atoms with Crippen LogP contribution in [0.15, 0.2) is 33.5 Å². The van der Waals surface area contributed by atoms with E-state index in [1.165, 1.54) is 23.3 Å². The van der Waals surface area contributed by atoms with E-state index in [9.17, 15) is 13.4 Å². The molecule has 6 nitrogen and oxygen atoms in total. The molecule has 0 aliphatic heterocycles. The molecule has 2 aliphatic rings. The SMILES string of the molecule is CCc1cc2c(c(NC(=O)N=S(N)(=O)c3ccc(C4(CNC)CC4)cc3F)c1CC)CCC2. The van der Waals surface area contributed by atoms with Crippen molar-refractivity contribution in [3.63, 3.8) is 0 Å². The normalized spacial score (nSPS) is 17.8. The maximum Gasteiger partial charge on any atom is 0.354 e. The molecule has 178 valence electrons. The minimum Gasteiger partial charge on any atom is -0.319 e. The van der Waals surface area contributed by atoms with Crippen molar-refractivity contribution in [1.82, 2.24) is 5.32 Å². The Hall–Kier alpha value is -2.29. The molecule has 4 N–H and O–H groups in total. The van der Waals surface area contributed by atoms with Crippen LogP contribution in [0.2, 0.25) is 0 Å². The molecule has 4 rings (SSSR count). The van der Waals surface area contributed by atoms with E-state index >= 15 is 0 Å². The van der Waals surface area contributed by atoms with Crippen LogP contribution in [0.3, 0.4) is 0 Å². The Kier molecular flexibility index (Phi) is 6.62. The van der Waals surface area contributed by atoms with Gasteiger partial charge < -0.3 is 10.6 Å². The fraction of sp³-hybridized carbons (Fsp3) is 0.480. The van der Waals surface area contributed by atoms with Gasteiger partial charge in [-0.05, 0) is 91.9 Å². The summed E-state index contributed by atoms with van der Waals surface area (Å²) >= 11 is 0. The zero-order chi connectivity index (χ0) is 23.8. The number of nitrogens with two attached hydrogens (primary N) is 1. The molecule has 0 heterocycles. The molecule has 33 heavy (non-hydrogen) atoms. The number of urea groups is 1. The first-order valence-corrected chi connectivity index (χ1v) is 13.3. The van der Waals surface area contributed by atoms with E-state index in [1.807, 2.05) is 14.0 Å². The number of carbonyl (C=O) groups excluding carboxylic acids is 1. The Morgan fingerprint density at radius 1 is 1.21 bits per heavy atom. The summed E-state index contributed by atoms with van der Waals surface area (Å²) in [6.07, 6.45) is 6.45. The smallest absolute Gasteiger partial charge is 0.319 e. The van der Waals surface area contributed by atoms with Crippen molar-refractivity contribution in [1.29, 1.82) is 0 Å². The third-order valence-corrected chi connectivity index (χ3v) is 8.41. The van der Waals surface area contributed by atoms with Gasteiger partial charge in [0.15, 0.2) is 0 Å². The molecule has 0 aromatic heterocycles.